The molecule has 0 spiro atoms. The van der Waals surface area contributed by atoms with Crippen LogP contribution in [0.1, 0.15) is 40.3 Å². The SMILES string of the molecule is CCOC(=O)c1c(C)oc2ncnc(Nc3cccc(C(C)=O)c3)c12. The molecule has 7 heteroatoms. The lowest BCUT2D eigenvalue weighted by atomic mass is 10.1. The summed E-state index contributed by atoms with van der Waals surface area (Å²) >= 11 is 0. The number of ether oxygens (including phenoxy) is 1. The monoisotopic (exact) mass is 339 g/mol. The maximum Gasteiger partial charge on any atom is 0.342 e. The summed E-state index contributed by atoms with van der Waals surface area (Å²) in [5.41, 5.74) is 1.83. The smallest absolute Gasteiger partial charge is 0.342 e. The van der Waals surface area contributed by atoms with Crippen molar-refractivity contribution >= 4 is 34.4 Å². The van der Waals surface area contributed by atoms with Crippen molar-refractivity contribution in [3.8, 4) is 0 Å². The first-order valence-electron chi connectivity index (χ1n) is 7.80. The largest absolute Gasteiger partial charge is 0.462 e. The number of aromatic nitrogens is 2. The third kappa shape index (κ3) is 3.21. The summed E-state index contributed by atoms with van der Waals surface area (Å²) in [6, 6.07) is 7.02. The van der Waals surface area contributed by atoms with E-state index in [-0.39, 0.29) is 12.4 Å². The Kier molecular flexibility index (Phi) is 4.47. The number of nitrogens with zero attached hydrogens (tertiary/aromatic N) is 2. The molecular formula is C18H17N3O4. The van der Waals surface area contributed by atoms with Gasteiger partial charge in [-0.3, -0.25) is 4.79 Å². The number of fused-ring (bicyclic) bond motifs is 1. The van der Waals surface area contributed by atoms with Gasteiger partial charge in [0.15, 0.2) is 5.78 Å². The summed E-state index contributed by atoms with van der Waals surface area (Å²) in [7, 11) is 0. The van der Waals surface area contributed by atoms with Crippen molar-refractivity contribution in [2.24, 2.45) is 0 Å². The molecule has 2 aromatic heterocycles. The molecule has 0 saturated carbocycles. The van der Waals surface area contributed by atoms with Crippen LogP contribution < -0.4 is 5.32 Å². The lowest BCUT2D eigenvalue weighted by Crippen LogP contribution is -2.07. The first kappa shape index (κ1) is 16.6. The molecule has 3 aromatic rings. The van der Waals surface area contributed by atoms with Crippen LogP contribution in [-0.4, -0.2) is 28.3 Å². The van der Waals surface area contributed by atoms with Gasteiger partial charge in [0.2, 0.25) is 5.71 Å². The highest BCUT2D eigenvalue weighted by molar-refractivity contribution is 6.08. The van der Waals surface area contributed by atoms with E-state index in [1.54, 1.807) is 38.1 Å². The van der Waals surface area contributed by atoms with Crippen LogP contribution in [0, 0.1) is 6.92 Å². The first-order chi connectivity index (χ1) is 12.0. The molecule has 3 rings (SSSR count). The van der Waals surface area contributed by atoms with E-state index in [1.165, 1.54) is 13.3 Å². The van der Waals surface area contributed by atoms with Crippen LogP contribution in [0.15, 0.2) is 35.0 Å². The van der Waals surface area contributed by atoms with Gasteiger partial charge in [-0.15, -0.1) is 0 Å². The van der Waals surface area contributed by atoms with Gasteiger partial charge in [-0.25, -0.2) is 14.8 Å². The quantitative estimate of drug-likeness (QED) is 0.560. The van der Waals surface area contributed by atoms with Crippen LogP contribution in [0.5, 0.6) is 0 Å². The van der Waals surface area contributed by atoms with Crippen molar-refractivity contribution in [2.45, 2.75) is 20.8 Å². The van der Waals surface area contributed by atoms with E-state index < -0.39 is 5.97 Å². The predicted octanol–water partition coefficient (Wildman–Crippen LogP) is 3.65. The molecule has 2 heterocycles. The maximum absolute atomic E-state index is 12.3. The van der Waals surface area contributed by atoms with Crippen LogP contribution in [0.4, 0.5) is 11.5 Å². The second-order valence-electron chi connectivity index (χ2n) is 5.42. The molecule has 0 atom stereocenters. The van der Waals surface area contributed by atoms with Crippen LogP contribution in [0.2, 0.25) is 0 Å². The van der Waals surface area contributed by atoms with Gasteiger partial charge in [0.1, 0.15) is 23.5 Å². The molecule has 0 unspecified atom stereocenters. The second-order valence-corrected chi connectivity index (χ2v) is 5.42. The number of carbonyl (C=O) groups is 2. The zero-order valence-corrected chi connectivity index (χ0v) is 14.1. The van der Waals surface area contributed by atoms with E-state index in [0.717, 1.165) is 0 Å². The first-order valence-corrected chi connectivity index (χ1v) is 7.80. The highest BCUT2D eigenvalue weighted by Crippen LogP contribution is 2.31. The van der Waals surface area contributed by atoms with Crippen LogP contribution in [0.25, 0.3) is 11.1 Å². The average Bonchev–Trinajstić information content (AvgIpc) is 2.92. The zero-order valence-electron chi connectivity index (χ0n) is 14.1. The van der Waals surface area contributed by atoms with Crippen molar-refractivity contribution < 1.29 is 18.7 Å². The van der Waals surface area contributed by atoms with Crippen LogP contribution in [0.3, 0.4) is 0 Å². The van der Waals surface area contributed by atoms with Crippen molar-refractivity contribution in [3.63, 3.8) is 0 Å². The fraction of sp³-hybridized carbons (Fsp3) is 0.222. The predicted molar refractivity (Wildman–Crippen MR) is 92.2 cm³/mol. The zero-order chi connectivity index (χ0) is 18.0. The van der Waals surface area contributed by atoms with Gasteiger partial charge in [0.25, 0.3) is 0 Å². The number of carbonyl (C=O) groups excluding carboxylic acids is 2. The average molecular weight is 339 g/mol. The number of rotatable bonds is 5. The highest BCUT2D eigenvalue weighted by Gasteiger charge is 2.23. The molecule has 0 fully saturated rings. The normalized spacial score (nSPS) is 10.7. The number of Topliss-reactive ketones (excluding diaryl/α,β-unsaturated/α-hetero) is 1. The van der Waals surface area contributed by atoms with Gasteiger partial charge >= 0.3 is 5.97 Å². The molecule has 128 valence electrons. The molecule has 0 radical (unpaired) electrons. The van der Waals surface area contributed by atoms with Gasteiger partial charge < -0.3 is 14.5 Å². The van der Waals surface area contributed by atoms with Crippen LogP contribution in [-0.2, 0) is 4.74 Å². The van der Waals surface area contributed by atoms with Gasteiger partial charge in [-0.05, 0) is 32.9 Å². The Morgan fingerprint density at radius 2 is 2.08 bits per heavy atom. The van der Waals surface area contributed by atoms with E-state index in [2.05, 4.69) is 15.3 Å². The minimum atomic E-state index is -0.492. The van der Waals surface area contributed by atoms with Gasteiger partial charge in [-0.2, -0.15) is 0 Å². The minimum Gasteiger partial charge on any atom is -0.462 e. The molecule has 0 aliphatic heterocycles. The molecule has 0 amide bonds. The van der Waals surface area contributed by atoms with E-state index in [0.29, 0.717) is 39.5 Å². The Labute approximate surface area is 144 Å². The number of ketones is 1. The van der Waals surface area contributed by atoms with Crippen LogP contribution >= 0.6 is 0 Å². The molecule has 0 bridgehead atoms. The number of hydrogen-bond donors (Lipinski definition) is 1. The number of aryl methyl sites for hydroxylation is 1. The Bertz CT molecular complexity index is 962. The molecule has 7 nitrogen and oxygen atoms in total. The Morgan fingerprint density at radius 1 is 1.28 bits per heavy atom. The molecule has 0 aliphatic rings. The summed E-state index contributed by atoms with van der Waals surface area (Å²) in [4.78, 5) is 32.1. The van der Waals surface area contributed by atoms with E-state index in [1.807, 2.05) is 0 Å². The van der Waals surface area contributed by atoms with E-state index >= 15 is 0 Å². The van der Waals surface area contributed by atoms with E-state index in [4.69, 9.17) is 9.15 Å². The minimum absolute atomic E-state index is 0.0390. The number of benzene rings is 1. The molecule has 1 aromatic carbocycles. The molecule has 0 aliphatic carbocycles. The summed E-state index contributed by atoms with van der Waals surface area (Å²) in [5, 5.41) is 3.57. The standard InChI is InChI=1S/C18H17N3O4/c1-4-24-18(23)14-11(3)25-17-15(14)16(19-9-20-17)21-13-7-5-6-12(8-13)10(2)22/h5-9H,4H2,1-3H3,(H,19,20,21). The summed E-state index contributed by atoms with van der Waals surface area (Å²) in [5.74, 6) is 0.289. The molecule has 0 saturated heterocycles. The number of hydrogen-bond acceptors (Lipinski definition) is 7. The Balaban J connectivity index is 2.09. The highest BCUT2D eigenvalue weighted by atomic mass is 16.5. The number of nitrogens with one attached hydrogen (secondary N) is 1. The third-order valence-corrected chi connectivity index (χ3v) is 3.68. The third-order valence-electron chi connectivity index (χ3n) is 3.68. The van der Waals surface area contributed by atoms with Crippen molar-refractivity contribution in [1.82, 2.24) is 9.97 Å². The van der Waals surface area contributed by atoms with Crippen molar-refractivity contribution in [2.75, 3.05) is 11.9 Å². The fourth-order valence-electron chi connectivity index (χ4n) is 2.54. The summed E-state index contributed by atoms with van der Waals surface area (Å²) in [6.07, 6.45) is 1.34. The lowest BCUT2D eigenvalue weighted by molar-refractivity contribution is 0.0526. The van der Waals surface area contributed by atoms with Crippen molar-refractivity contribution in [1.29, 1.82) is 0 Å². The van der Waals surface area contributed by atoms with Gasteiger partial charge in [-0.1, -0.05) is 12.1 Å². The lowest BCUT2D eigenvalue weighted by Gasteiger charge is -2.08. The Morgan fingerprint density at radius 3 is 2.80 bits per heavy atom. The van der Waals surface area contributed by atoms with E-state index in [9.17, 15) is 9.59 Å². The summed E-state index contributed by atoms with van der Waals surface area (Å²) < 4.78 is 10.7. The van der Waals surface area contributed by atoms with Crippen molar-refractivity contribution in [3.05, 3.63) is 47.5 Å². The number of esters is 1. The molecule has 1 N–H and O–H groups in total. The van der Waals surface area contributed by atoms with Gasteiger partial charge in [0, 0.05) is 11.3 Å². The maximum atomic E-state index is 12.3. The second kappa shape index (κ2) is 6.72. The number of furan rings is 1. The number of anilines is 2. The summed E-state index contributed by atoms with van der Waals surface area (Å²) in [6.45, 7) is 5.16. The fourth-order valence-corrected chi connectivity index (χ4v) is 2.54. The molecule has 25 heavy (non-hydrogen) atoms. The molecular weight excluding hydrogens is 322 g/mol. The topological polar surface area (TPSA) is 94.3 Å². The Hall–Kier alpha value is -3.22. The van der Waals surface area contributed by atoms with Gasteiger partial charge in [0.05, 0.1) is 12.0 Å².